The monoisotopic (exact) mass is 349 g/mol. The van der Waals surface area contributed by atoms with E-state index >= 15 is 0 Å². The number of aryl methyl sites for hydroxylation is 1. The Morgan fingerprint density at radius 3 is 2.86 bits per heavy atom. The van der Waals surface area contributed by atoms with Crippen LogP contribution in [0.5, 0.6) is 0 Å². The molecule has 3 rings (SSSR count). The molecule has 0 saturated heterocycles. The van der Waals surface area contributed by atoms with Crippen LogP contribution in [-0.2, 0) is 11.2 Å². The van der Waals surface area contributed by atoms with Gasteiger partial charge in [0.05, 0.1) is 0 Å². The van der Waals surface area contributed by atoms with Gasteiger partial charge in [-0.3, -0.25) is 4.79 Å². The summed E-state index contributed by atoms with van der Waals surface area (Å²) < 4.78 is 0. The number of carbonyl (C=O) groups excluding carboxylic acids is 1. The minimum absolute atomic E-state index is 0.211. The fourth-order valence-corrected chi connectivity index (χ4v) is 4.38. The summed E-state index contributed by atoms with van der Waals surface area (Å²) in [6.07, 6.45) is 3.34. The second-order valence-corrected chi connectivity index (χ2v) is 7.59. The molecule has 21 heavy (non-hydrogen) atoms. The number of amides is 1. The average molecular weight is 350 g/mol. The lowest BCUT2D eigenvalue weighted by atomic mass is 9.92. The van der Waals surface area contributed by atoms with Gasteiger partial charge in [-0.15, -0.1) is 0 Å². The lowest BCUT2D eigenvalue weighted by Crippen LogP contribution is -2.38. The molecule has 1 N–H and O–H groups in total. The molecule has 2 nitrogen and oxygen atoms in total. The van der Waals surface area contributed by atoms with E-state index in [9.17, 15) is 4.79 Å². The maximum absolute atomic E-state index is 12.6. The van der Waals surface area contributed by atoms with E-state index in [1.54, 1.807) is 0 Å². The molecule has 1 aromatic carbocycles. The van der Waals surface area contributed by atoms with Crippen molar-refractivity contribution in [2.24, 2.45) is 17.8 Å². The Labute approximate surface area is 135 Å². The summed E-state index contributed by atoms with van der Waals surface area (Å²) in [6, 6.07) is 8.92. The van der Waals surface area contributed by atoms with Crippen molar-refractivity contribution < 1.29 is 4.79 Å². The highest BCUT2D eigenvalue weighted by molar-refractivity contribution is 9.09. The van der Waals surface area contributed by atoms with Gasteiger partial charge in [0.1, 0.15) is 0 Å². The Morgan fingerprint density at radius 2 is 2.14 bits per heavy atom. The first-order chi connectivity index (χ1) is 10.1. The predicted octanol–water partition coefficient (Wildman–Crippen LogP) is 3.89. The summed E-state index contributed by atoms with van der Waals surface area (Å²) >= 11 is 3.53. The van der Waals surface area contributed by atoms with Crippen LogP contribution in [0.2, 0.25) is 0 Å². The summed E-state index contributed by atoms with van der Waals surface area (Å²) in [5, 5.41) is 4.10. The molecule has 1 saturated carbocycles. The number of hydrogen-bond acceptors (Lipinski definition) is 1. The van der Waals surface area contributed by atoms with Crippen LogP contribution in [0.3, 0.4) is 0 Å². The summed E-state index contributed by atoms with van der Waals surface area (Å²) in [4.78, 5) is 12.6. The zero-order chi connectivity index (χ0) is 15.0. The van der Waals surface area contributed by atoms with E-state index in [-0.39, 0.29) is 17.9 Å². The first-order valence-electron chi connectivity index (χ1n) is 8.06. The number of nitrogens with one attached hydrogen (secondary N) is 1. The van der Waals surface area contributed by atoms with Gasteiger partial charge in [0.2, 0.25) is 5.91 Å². The molecule has 3 heteroatoms. The molecule has 0 aromatic heterocycles. The molecule has 1 amide bonds. The van der Waals surface area contributed by atoms with Gasteiger partial charge >= 0.3 is 0 Å². The Kier molecular flexibility index (Phi) is 4.39. The third-order valence-electron chi connectivity index (χ3n) is 4.92. The van der Waals surface area contributed by atoms with Crippen LogP contribution in [-0.4, -0.2) is 17.3 Å². The highest BCUT2D eigenvalue weighted by Gasteiger charge is 2.57. The number of rotatable bonds is 5. The van der Waals surface area contributed by atoms with Gasteiger partial charge in [-0.2, -0.15) is 0 Å². The van der Waals surface area contributed by atoms with Crippen LogP contribution >= 0.6 is 15.9 Å². The maximum Gasteiger partial charge on any atom is 0.224 e. The molecule has 2 aliphatic carbocycles. The van der Waals surface area contributed by atoms with Crippen LogP contribution in [0.25, 0.3) is 0 Å². The first-order valence-corrected chi connectivity index (χ1v) is 9.18. The Bertz CT molecular complexity index is 528. The van der Waals surface area contributed by atoms with E-state index in [0.717, 1.165) is 18.2 Å². The number of carbonyl (C=O) groups is 1. The summed E-state index contributed by atoms with van der Waals surface area (Å²) in [7, 11) is 0. The van der Waals surface area contributed by atoms with Gasteiger partial charge in [0.25, 0.3) is 0 Å². The number of fused-ring (bicyclic) bond motifs is 3. The van der Waals surface area contributed by atoms with Gasteiger partial charge < -0.3 is 5.32 Å². The molecule has 1 fully saturated rings. The van der Waals surface area contributed by atoms with Crippen molar-refractivity contribution in [3.05, 3.63) is 35.4 Å². The normalized spacial score (nSPS) is 27.7. The number of halogens is 1. The molecule has 0 bridgehead atoms. The van der Waals surface area contributed by atoms with E-state index in [0.29, 0.717) is 17.8 Å². The zero-order valence-electron chi connectivity index (χ0n) is 12.8. The second kappa shape index (κ2) is 6.12. The number of benzene rings is 1. The lowest BCUT2D eigenvalue weighted by Gasteiger charge is -2.18. The van der Waals surface area contributed by atoms with Crippen LogP contribution < -0.4 is 5.32 Å². The fourth-order valence-electron chi connectivity index (χ4n) is 3.95. The molecule has 0 aliphatic heterocycles. The van der Waals surface area contributed by atoms with Crippen LogP contribution in [0.15, 0.2) is 24.3 Å². The van der Waals surface area contributed by atoms with E-state index in [2.05, 4.69) is 59.4 Å². The molecule has 0 radical (unpaired) electrons. The Morgan fingerprint density at radius 1 is 1.38 bits per heavy atom. The minimum atomic E-state index is 0.211. The van der Waals surface area contributed by atoms with Gasteiger partial charge in [-0.25, -0.2) is 0 Å². The van der Waals surface area contributed by atoms with Crippen molar-refractivity contribution in [2.75, 3.05) is 5.33 Å². The van der Waals surface area contributed by atoms with Crippen LogP contribution in [0, 0.1) is 17.8 Å². The molecular weight excluding hydrogens is 326 g/mol. The Hall–Kier alpha value is -0.830. The van der Waals surface area contributed by atoms with Crippen molar-refractivity contribution >= 4 is 21.8 Å². The Balaban J connectivity index is 1.66. The van der Waals surface area contributed by atoms with Crippen molar-refractivity contribution in [3.8, 4) is 0 Å². The van der Waals surface area contributed by atoms with Crippen molar-refractivity contribution in [2.45, 2.75) is 45.1 Å². The molecule has 4 atom stereocenters. The molecule has 4 unspecified atom stereocenters. The van der Waals surface area contributed by atoms with Gasteiger partial charge in [-0.05, 0) is 48.1 Å². The fraction of sp³-hybridized carbons (Fsp3) is 0.611. The topological polar surface area (TPSA) is 29.1 Å². The largest absolute Gasteiger partial charge is 0.352 e. The van der Waals surface area contributed by atoms with Crippen LogP contribution in [0.4, 0.5) is 0 Å². The molecular formula is C18H24BrNO. The molecule has 114 valence electrons. The van der Waals surface area contributed by atoms with E-state index in [1.807, 2.05) is 0 Å². The third kappa shape index (κ3) is 3.03. The van der Waals surface area contributed by atoms with Crippen LogP contribution in [0.1, 0.15) is 43.7 Å². The second-order valence-electron chi connectivity index (χ2n) is 6.94. The summed E-state index contributed by atoms with van der Waals surface area (Å²) in [5.41, 5.74) is 2.88. The zero-order valence-corrected chi connectivity index (χ0v) is 14.4. The van der Waals surface area contributed by atoms with Gasteiger partial charge in [0.15, 0.2) is 0 Å². The van der Waals surface area contributed by atoms with Crippen molar-refractivity contribution in [1.82, 2.24) is 5.32 Å². The maximum atomic E-state index is 12.6. The lowest BCUT2D eigenvalue weighted by molar-refractivity contribution is -0.123. The summed E-state index contributed by atoms with van der Waals surface area (Å²) in [5.74, 6) is 2.14. The van der Waals surface area contributed by atoms with E-state index < -0.39 is 0 Å². The van der Waals surface area contributed by atoms with Crippen molar-refractivity contribution in [1.29, 1.82) is 0 Å². The smallest absolute Gasteiger partial charge is 0.224 e. The van der Waals surface area contributed by atoms with E-state index in [1.165, 1.54) is 17.5 Å². The number of hydrogen-bond donors (Lipinski definition) is 1. The summed E-state index contributed by atoms with van der Waals surface area (Å²) in [6.45, 7) is 4.41. The van der Waals surface area contributed by atoms with Gasteiger partial charge in [-0.1, -0.05) is 54.0 Å². The van der Waals surface area contributed by atoms with Gasteiger partial charge in [0, 0.05) is 17.3 Å². The van der Waals surface area contributed by atoms with E-state index in [4.69, 9.17) is 0 Å². The van der Waals surface area contributed by atoms with Crippen molar-refractivity contribution in [3.63, 3.8) is 0 Å². The molecule has 1 aromatic rings. The molecule has 2 aliphatic rings. The quantitative estimate of drug-likeness (QED) is 0.802. The minimum Gasteiger partial charge on any atom is -0.352 e. The SMILES string of the molecule is CC(C)CC(CBr)NC(=O)C1C2CCc3ccccc3C21. The predicted molar refractivity (Wildman–Crippen MR) is 89.7 cm³/mol. The molecule has 0 spiro atoms. The third-order valence-corrected chi connectivity index (χ3v) is 5.70. The standard InChI is InChI=1S/C18H24BrNO/c1-11(2)9-13(10-19)20-18(21)17-15-8-7-12-5-3-4-6-14(12)16(15)17/h3-6,11,13,15-17H,7-10H2,1-2H3,(H,20,21). The molecule has 0 heterocycles. The first kappa shape index (κ1) is 15.1. The number of alkyl halides is 1. The highest BCUT2D eigenvalue weighted by Crippen LogP contribution is 2.59. The highest BCUT2D eigenvalue weighted by atomic mass is 79.9. The average Bonchev–Trinajstić information content (AvgIpc) is 3.21.